The summed E-state index contributed by atoms with van der Waals surface area (Å²) in [7, 11) is 1.53. The van der Waals surface area contributed by atoms with Crippen molar-refractivity contribution in [2.24, 2.45) is 5.73 Å². The molecule has 0 aliphatic heterocycles. The van der Waals surface area contributed by atoms with Gasteiger partial charge in [0.2, 0.25) is 0 Å². The van der Waals surface area contributed by atoms with Gasteiger partial charge in [-0.3, -0.25) is 9.59 Å². The lowest BCUT2D eigenvalue weighted by atomic mass is 9.93. The van der Waals surface area contributed by atoms with Gasteiger partial charge in [0.1, 0.15) is 11.3 Å². The molecule has 0 spiro atoms. The minimum Gasteiger partial charge on any atom is -0.497 e. The van der Waals surface area contributed by atoms with Crippen molar-refractivity contribution >= 4 is 11.8 Å². The lowest BCUT2D eigenvalue weighted by molar-refractivity contribution is -0.142. The van der Waals surface area contributed by atoms with Crippen LogP contribution in [0.5, 0.6) is 5.75 Å². The maximum Gasteiger partial charge on any atom is 0.323 e. The molecule has 0 fully saturated rings. The quantitative estimate of drug-likeness (QED) is 0.747. The van der Waals surface area contributed by atoms with Crippen LogP contribution in [-0.4, -0.2) is 29.5 Å². The van der Waals surface area contributed by atoms with E-state index >= 15 is 0 Å². The molecule has 0 unspecified atom stereocenters. The molecule has 1 aromatic carbocycles. The number of carbonyl (C=O) groups excluding carboxylic acids is 1. The number of hydrogen-bond donors (Lipinski definition) is 2. The van der Waals surface area contributed by atoms with Gasteiger partial charge in [-0.15, -0.1) is 0 Å². The van der Waals surface area contributed by atoms with Crippen molar-refractivity contribution in [1.82, 2.24) is 0 Å². The molecule has 17 heavy (non-hydrogen) atoms. The summed E-state index contributed by atoms with van der Waals surface area (Å²) in [5.41, 5.74) is 4.38. The van der Waals surface area contributed by atoms with Crippen molar-refractivity contribution in [3.05, 3.63) is 29.8 Å². The van der Waals surface area contributed by atoms with Crippen LogP contribution in [0.25, 0.3) is 0 Å². The van der Waals surface area contributed by atoms with Crippen LogP contribution in [-0.2, 0) is 4.79 Å². The van der Waals surface area contributed by atoms with Crippen LogP contribution in [0, 0.1) is 0 Å². The Bertz CT molecular complexity index is 423. The van der Waals surface area contributed by atoms with E-state index in [9.17, 15) is 9.59 Å². The predicted octanol–water partition coefficient (Wildman–Crippen LogP) is 1.07. The standard InChI is InChI=1S/C12H15NO4/c1-12(13,11(15)16)7-10(14)8-3-5-9(17-2)6-4-8/h3-6H,7,13H2,1-2H3,(H,15,16)/t12-/m0/s1. The Labute approximate surface area is 99.2 Å². The topological polar surface area (TPSA) is 89.6 Å². The summed E-state index contributed by atoms with van der Waals surface area (Å²) in [6.07, 6.45) is -0.241. The fourth-order valence-electron chi connectivity index (χ4n) is 1.29. The summed E-state index contributed by atoms with van der Waals surface area (Å²) in [6, 6.07) is 6.45. The van der Waals surface area contributed by atoms with Gasteiger partial charge in [0, 0.05) is 12.0 Å². The zero-order valence-corrected chi connectivity index (χ0v) is 9.77. The molecule has 1 aromatic rings. The Balaban J connectivity index is 2.80. The zero-order chi connectivity index (χ0) is 13.1. The van der Waals surface area contributed by atoms with Crippen LogP contribution in [0.3, 0.4) is 0 Å². The number of carboxylic acids is 1. The Morgan fingerprint density at radius 2 is 1.88 bits per heavy atom. The lowest BCUT2D eigenvalue weighted by Gasteiger charge is -2.17. The highest BCUT2D eigenvalue weighted by atomic mass is 16.5. The summed E-state index contributed by atoms with van der Waals surface area (Å²) >= 11 is 0. The summed E-state index contributed by atoms with van der Waals surface area (Å²) in [6.45, 7) is 1.32. The van der Waals surface area contributed by atoms with Gasteiger partial charge in [-0.25, -0.2) is 0 Å². The van der Waals surface area contributed by atoms with E-state index in [1.165, 1.54) is 14.0 Å². The Hall–Kier alpha value is -1.88. The molecule has 0 heterocycles. The molecule has 0 saturated carbocycles. The second-order valence-corrected chi connectivity index (χ2v) is 4.05. The number of carboxylic acid groups (broad SMARTS) is 1. The highest BCUT2D eigenvalue weighted by molar-refractivity contribution is 5.99. The Morgan fingerprint density at radius 1 is 1.35 bits per heavy atom. The normalized spacial score (nSPS) is 13.8. The van der Waals surface area contributed by atoms with Crippen molar-refractivity contribution in [2.75, 3.05) is 7.11 Å². The van der Waals surface area contributed by atoms with Crippen LogP contribution < -0.4 is 10.5 Å². The van der Waals surface area contributed by atoms with Crippen molar-refractivity contribution in [1.29, 1.82) is 0 Å². The number of Topliss-reactive ketones (excluding diaryl/α,β-unsaturated/α-hetero) is 1. The van der Waals surface area contributed by atoms with E-state index in [-0.39, 0.29) is 12.2 Å². The van der Waals surface area contributed by atoms with E-state index < -0.39 is 11.5 Å². The first kappa shape index (κ1) is 13.2. The molecule has 0 bridgehead atoms. The van der Waals surface area contributed by atoms with E-state index in [0.29, 0.717) is 11.3 Å². The maximum absolute atomic E-state index is 11.8. The van der Waals surface area contributed by atoms with Gasteiger partial charge in [-0.1, -0.05) is 0 Å². The average Bonchev–Trinajstić information content (AvgIpc) is 2.28. The van der Waals surface area contributed by atoms with Gasteiger partial charge in [-0.05, 0) is 31.2 Å². The van der Waals surface area contributed by atoms with Gasteiger partial charge < -0.3 is 15.6 Å². The minimum atomic E-state index is -1.54. The largest absolute Gasteiger partial charge is 0.497 e. The van der Waals surface area contributed by atoms with Gasteiger partial charge in [0.05, 0.1) is 7.11 Å². The van der Waals surface area contributed by atoms with Crippen LogP contribution >= 0.6 is 0 Å². The van der Waals surface area contributed by atoms with E-state index in [1.54, 1.807) is 24.3 Å². The monoisotopic (exact) mass is 237 g/mol. The van der Waals surface area contributed by atoms with Crippen LogP contribution in [0.1, 0.15) is 23.7 Å². The van der Waals surface area contributed by atoms with Crippen molar-refractivity contribution in [3.8, 4) is 5.75 Å². The first-order chi connectivity index (χ1) is 7.86. The summed E-state index contributed by atoms with van der Waals surface area (Å²) in [4.78, 5) is 22.6. The zero-order valence-electron chi connectivity index (χ0n) is 9.77. The van der Waals surface area contributed by atoms with Crippen molar-refractivity contribution in [2.45, 2.75) is 18.9 Å². The first-order valence-corrected chi connectivity index (χ1v) is 5.06. The predicted molar refractivity (Wildman–Crippen MR) is 62.2 cm³/mol. The smallest absolute Gasteiger partial charge is 0.323 e. The molecule has 92 valence electrons. The Morgan fingerprint density at radius 3 is 2.29 bits per heavy atom. The average molecular weight is 237 g/mol. The molecule has 1 rings (SSSR count). The number of ether oxygens (including phenoxy) is 1. The molecular weight excluding hydrogens is 222 g/mol. The number of benzene rings is 1. The second-order valence-electron chi connectivity index (χ2n) is 4.05. The third kappa shape index (κ3) is 3.29. The molecular formula is C12H15NO4. The molecule has 3 N–H and O–H groups in total. The molecule has 0 radical (unpaired) electrons. The highest BCUT2D eigenvalue weighted by Gasteiger charge is 2.31. The van der Waals surface area contributed by atoms with E-state index in [1.807, 2.05) is 0 Å². The van der Waals surface area contributed by atoms with Crippen LogP contribution in [0.2, 0.25) is 0 Å². The Kier molecular flexibility index (Phi) is 3.85. The third-order valence-corrected chi connectivity index (χ3v) is 2.43. The van der Waals surface area contributed by atoms with Gasteiger partial charge >= 0.3 is 5.97 Å². The maximum atomic E-state index is 11.8. The van der Waals surface area contributed by atoms with E-state index in [2.05, 4.69) is 0 Å². The molecule has 0 aromatic heterocycles. The van der Waals surface area contributed by atoms with Gasteiger partial charge in [-0.2, -0.15) is 0 Å². The van der Waals surface area contributed by atoms with E-state index in [0.717, 1.165) is 0 Å². The fourth-order valence-corrected chi connectivity index (χ4v) is 1.29. The number of nitrogens with two attached hydrogens (primary N) is 1. The minimum absolute atomic E-state index is 0.241. The lowest BCUT2D eigenvalue weighted by Crippen LogP contribution is -2.46. The second kappa shape index (κ2) is 4.97. The summed E-state index contributed by atoms with van der Waals surface area (Å²) < 4.78 is 4.96. The third-order valence-electron chi connectivity index (χ3n) is 2.43. The number of aliphatic carboxylic acids is 1. The molecule has 0 saturated heterocycles. The highest BCUT2D eigenvalue weighted by Crippen LogP contribution is 2.16. The molecule has 1 atom stereocenters. The number of methoxy groups -OCH3 is 1. The molecule has 0 aliphatic rings. The number of hydrogen-bond acceptors (Lipinski definition) is 4. The first-order valence-electron chi connectivity index (χ1n) is 5.06. The van der Waals surface area contributed by atoms with Crippen molar-refractivity contribution in [3.63, 3.8) is 0 Å². The molecule has 5 nitrogen and oxygen atoms in total. The number of rotatable bonds is 5. The van der Waals surface area contributed by atoms with Gasteiger partial charge in [0.25, 0.3) is 0 Å². The SMILES string of the molecule is COc1ccc(C(=O)C[C@](C)(N)C(=O)O)cc1. The van der Waals surface area contributed by atoms with Gasteiger partial charge in [0.15, 0.2) is 5.78 Å². The van der Waals surface area contributed by atoms with Crippen molar-refractivity contribution < 1.29 is 19.4 Å². The van der Waals surface area contributed by atoms with E-state index in [4.69, 9.17) is 15.6 Å². The molecule has 0 amide bonds. The van der Waals surface area contributed by atoms with Crippen LogP contribution in [0.4, 0.5) is 0 Å². The molecule has 5 heteroatoms. The summed E-state index contributed by atoms with van der Waals surface area (Å²) in [5, 5.41) is 8.82. The number of ketones is 1. The fraction of sp³-hybridized carbons (Fsp3) is 0.333. The van der Waals surface area contributed by atoms with Crippen LogP contribution in [0.15, 0.2) is 24.3 Å². The summed E-state index contributed by atoms with van der Waals surface area (Å²) in [5.74, 6) is -0.866. The molecule has 0 aliphatic carbocycles. The number of carbonyl (C=O) groups is 2.